The number of sulfone groups is 1. The number of aliphatic carboxylic acids is 1. The fraction of sp³-hybridized carbons (Fsp3) is 0.417. The van der Waals surface area contributed by atoms with Crippen LogP contribution >= 0.6 is 11.6 Å². The highest BCUT2D eigenvalue weighted by Gasteiger charge is 2.35. The Balaban J connectivity index is 2.04. The number of halogens is 1. The quantitative estimate of drug-likeness (QED) is 0.838. The normalized spacial score (nSPS) is 19.1. The van der Waals surface area contributed by atoms with Crippen LogP contribution in [0.2, 0.25) is 5.02 Å². The fourth-order valence-corrected chi connectivity index (χ4v) is 3.32. The smallest absolute Gasteiger partial charge is 0.305 e. The van der Waals surface area contributed by atoms with Gasteiger partial charge in [-0.1, -0.05) is 17.7 Å². The van der Waals surface area contributed by atoms with Crippen LogP contribution in [0.3, 0.4) is 0 Å². The van der Waals surface area contributed by atoms with Gasteiger partial charge in [0, 0.05) is 6.04 Å². The molecule has 1 aliphatic rings. The van der Waals surface area contributed by atoms with Crippen molar-refractivity contribution in [1.82, 2.24) is 0 Å². The maximum Gasteiger partial charge on any atom is 0.305 e. The first kappa shape index (κ1) is 15.1. The number of hydrogen-bond donors (Lipinski definition) is 2. The minimum absolute atomic E-state index is 0.0103. The van der Waals surface area contributed by atoms with Crippen molar-refractivity contribution in [1.29, 1.82) is 0 Å². The predicted molar refractivity (Wildman–Crippen MR) is 73.7 cm³/mol. The van der Waals surface area contributed by atoms with Crippen molar-refractivity contribution in [2.24, 2.45) is 5.73 Å². The van der Waals surface area contributed by atoms with Gasteiger partial charge in [0.25, 0.3) is 0 Å². The van der Waals surface area contributed by atoms with Gasteiger partial charge in [-0.2, -0.15) is 0 Å². The molecule has 1 fully saturated rings. The lowest BCUT2D eigenvalue weighted by molar-refractivity contribution is -0.137. The molecule has 1 aromatic carbocycles. The maximum absolute atomic E-state index is 11.0. The molecule has 20 heavy (non-hydrogen) atoms. The standard InChI is InChI=1S/C12H14ClNO5S/c13-9-3-7(10(14)4-12(15)16)1-2-11(9)19-8-5-20(17,18)6-8/h1-3,8,10H,4-6,14H2,(H,15,16). The van der Waals surface area contributed by atoms with Gasteiger partial charge in [-0.15, -0.1) is 0 Å². The van der Waals surface area contributed by atoms with Crippen LogP contribution in [0.15, 0.2) is 18.2 Å². The van der Waals surface area contributed by atoms with Gasteiger partial charge in [0.05, 0.1) is 22.9 Å². The second-order valence-corrected chi connectivity index (χ2v) is 7.27. The topological polar surface area (TPSA) is 107 Å². The summed E-state index contributed by atoms with van der Waals surface area (Å²) in [5.74, 6) is -0.640. The number of rotatable bonds is 5. The molecule has 1 unspecified atom stereocenters. The summed E-state index contributed by atoms with van der Waals surface area (Å²) in [7, 11) is -2.95. The van der Waals surface area contributed by atoms with Crippen LogP contribution < -0.4 is 10.5 Å². The number of ether oxygens (including phenoxy) is 1. The Morgan fingerprint density at radius 1 is 1.50 bits per heavy atom. The molecule has 1 aromatic rings. The zero-order valence-electron chi connectivity index (χ0n) is 10.5. The van der Waals surface area contributed by atoms with Gasteiger partial charge < -0.3 is 15.6 Å². The van der Waals surface area contributed by atoms with E-state index >= 15 is 0 Å². The van der Waals surface area contributed by atoms with Crippen LogP contribution in [0.1, 0.15) is 18.0 Å². The Labute approximate surface area is 121 Å². The Kier molecular flexibility index (Phi) is 4.22. The van der Waals surface area contributed by atoms with E-state index in [1.165, 1.54) is 6.07 Å². The summed E-state index contributed by atoms with van der Waals surface area (Å²) >= 11 is 6.03. The molecule has 2 rings (SSSR count). The van der Waals surface area contributed by atoms with Crippen molar-refractivity contribution in [3.05, 3.63) is 28.8 Å². The van der Waals surface area contributed by atoms with Gasteiger partial charge in [-0.3, -0.25) is 4.79 Å². The van der Waals surface area contributed by atoms with Crippen molar-refractivity contribution in [2.75, 3.05) is 11.5 Å². The van der Waals surface area contributed by atoms with Crippen molar-refractivity contribution in [2.45, 2.75) is 18.6 Å². The van der Waals surface area contributed by atoms with Crippen LogP contribution in [0.25, 0.3) is 0 Å². The Morgan fingerprint density at radius 3 is 2.65 bits per heavy atom. The van der Waals surface area contributed by atoms with E-state index in [1.807, 2.05) is 0 Å². The third-order valence-corrected chi connectivity index (χ3v) is 5.01. The van der Waals surface area contributed by atoms with Gasteiger partial charge in [0.1, 0.15) is 11.9 Å². The van der Waals surface area contributed by atoms with Gasteiger partial charge in [-0.25, -0.2) is 8.42 Å². The van der Waals surface area contributed by atoms with E-state index in [-0.39, 0.29) is 29.1 Å². The predicted octanol–water partition coefficient (Wildman–Crippen LogP) is 0.990. The third kappa shape index (κ3) is 3.62. The molecule has 1 atom stereocenters. The van der Waals surface area contributed by atoms with Crippen molar-refractivity contribution >= 4 is 27.4 Å². The number of carboxylic acid groups (broad SMARTS) is 1. The Morgan fingerprint density at radius 2 is 2.15 bits per heavy atom. The van der Waals surface area contributed by atoms with Gasteiger partial charge in [0.15, 0.2) is 9.84 Å². The van der Waals surface area contributed by atoms with Gasteiger partial charge in [-0.05, 0) is 17.7 Å². The lowest BCUT2D eigenvalue weighted by Gasteiger charge is -2.27. The minimum Gasteiger partial charge on any atom is -0.487 e. The Bertz CT molecular complexity index is 619. The average molecular weight is 320 g/mol. The molecular formula is C12H14ClNO5S. The molecule has 0 aliphatic carbocycles. The van der Waals surface area contributed by atoms with Crippen LogP contribution in [0.5, 0.6) is 5.75 Å². The van der Waals surface area contributed by atoms with Crippen molar-refractivity contribution < 1.29 is 23.1 Å². The fourth-order valence-electron chi connectivity index (χ4n) is 1.91. The van der Waals surface area contributed by atoms with E-state index in [1.54, 1.807) is 12.1 Å². The number of benzene rings is 1. The molecule has 0 aromatic heterocycles. The van der Waals surface area contributed by atoms with Crippen molar-refractivity contribution in [3.8, 4) is 5.75 Å². The molecule has 0 amide bonds. The van der Waals surface area contributed by atoms with E-state index in [2.05, 4.69) is 0 Å². The molecule has 1 aliphatic heterocycles. The number of nitrogens with two attached hydrogens (primary N) is 1. The molecule has 1 saturated heterocycles. The van der Waals surface area contributed by atoms with E-state index < -0.39 is 21.8 Å². The molecule has 6 nitrogen and oxygen atoms in total. The van der Waals surface area contributed by atoms with Gasteiger partial charge in [0.2, 0.25) is 0 Å². The summed E-state index contributed by atoms with van der Waals surface area (Å²) in [6.07, 6.45) is -0.576. The van der Waals surface area contributed by atoms with E-state index in [0.717, 1.165) is 0 Å². The second-order valence-electron chi connectivity index (χ2n) is 4.71. The summed E-state index contributed by atoms with van der Waals surface area (Å²) in [5.41, 5.74) is 6.32. The monoisotopic (exact) mass is 319 g/mol. The van der Waals surface area contributed by atoms with Crippen LogP contribution in [0, 0.1) is 0 Å². The van der Waals surface area contributed by atoms with Crippen LogP contribution in [0.4, 0.5) is 0 Å². The first-order valence-corrected chi connectivity index (χ1v) is 8.10. The third-order valence-electron chi connectivity index (χ3n) is 2.95. The molecule has 110 valence electrons. The first-order valence-electron chi connectivity index (χ1n) is 5.91. The molecular weight excluding hydrogens is 306 g/mol. The van der Waals surface area contributed by atoms with Crippen LogP contribution in [-0.2, 0) is 14.6 Å². The maximum atomic E-state index is 11.0. The largest absolute Gasteiger partial charge is 0.487 e. The average Bonchev–Trinajstić information content (AvgIpc) is 2.28. The van der Waals surface area contributed by atoms with E-state index in [9.17, 15) is 13.2 Å². The molecule has 1 heterocycles. The highest BCUT2D eigenvalue weighted by molar-refractivity contribution is 7.92. The molecule has 0 spiro atoms. The second kappa shape index (κ2) is 5.59. The zero-order valence-corrected chi connectivity index (χ0v) is 12.0. The molecule has 3 N–H and O–H groups in total. The molecule has 0 bridgehead atoms. The van der Waals surface area contributed by atoms with Crippen molar-refractivity contribution in [3.63, 3.8) is 0 Å². The number of carboxylic acids is 1. The van der Waals surface area contributed by atoms with E-state index in [0.29, 0.717) is 11.3 Å². The van der Waals surface area contributed by atoms with Crippen LogP contribution in [-0.4, -0.2) is 37.1 Å². The summed E-state index contributed by atoms with van der Waals surface area (Å²) in [6.45, 7) is 0. The van der Waals surface area contributed by atoms with Gasteiger partial charge >= 0.3 is 5.97 Å². The summed E-state index contributed by atoms with van der Waals surface area (Å²) in [5, 5.41) is 8.97. The summed E-state index contributed by atoms with van der Waals surface area (Å²) in [4.78, 5) is 10.6. The lowest BCUT2D eigenvalue weighted by Crippen LogP contribution is -2.45. The Hall–Kier alpha value is -1.31. The number of carbonyl (C=O) groups is 1. The molecule has 0 saturated carbocycles. The lowest BCUT2D eigenvalue weighted by atomic mass is 10.0. The summed E-state index contributed by atoms with van der Waals surface area (Å²) in [6, 6.07) is 4.09. The summed E-state index contributed by atoms with van der Waals surface area (Å²) < 4.78 is 27.5. The first-order chi connectivity index (χ1) is 9.27. The highest BCUT2D eigenvalue weighted by atomic mass is 35.5. The SMILES string of the molecule is NC(CC(=O)O)c1ccc(OC2CS(=O)(=O)C2)c(Cl)c1. The van der Waals surface area contributed by atoms with E-state index in [4.69, 9.17) is 27.2 Å². The minimum atomic E-state index is -2.95. The molecule has 8 heteroatoms. The highest BCUT2D eigenvalue weighted by Crippen LogP contribution is 2.30. The molecule has 0 radical (unpaired) electrons. The zero-order chi connectivity index (χ0) is 14.9. The number of hydrogen-bond acceptors (Lipinski definition) is 5.